The number of anilines is 2. The lowest BCUT2D eigenvalue weighted by Gasteiger charge is -2.30. The number of para-hydroxylation sites is 1. The third kappa shape index (κ3) is 6.62. The van der Waals surface area contributed by atoms with Crippen LogP contribution in [0, 0.1) is 16.2 Å². The number of hydrogen-bond donors (Lipinski definition) is 6. The zero-order valence-electron chi connectivity index (χ0n) is 22.1. The summed E-state index contributed by atoms with van der Waals surface area (Å²) in [5, 5.41) is 34.4. The Labute approximate surface area is 236 Å². The molecular formula is C29H29N9O3. The number of pyridine rings is 1. The van der Waals surface area contributed by atoms with Gasteiger partial charge in [-0.2, -0.15) is 0 Å². The largest absolute Gasteiger partial charge is 0.407 e. The van der Waals surface area contributed by atoms with Crippen LogP contribution in [0.5, 0.6) is 0 Å². The highest BCUT2D eigenvalue weighted by Crippen LogP contribution is 2.23. The number of amidine groups is 2. The van der Waals surface area contributed by atoms with Crippen molar-refractivity contribution in [2.45, 2.75) is 6.17 Å². The van der Waals surface area contributed by atoms with Gasteiger partial charge in [0.2, 0.25) is 12.1 Å². The van der Waals surface area contributed by atoms with Crippen molar-refractivity contribution in [3.63, 3.8) is 0 Å². The fourth-order valence-electron chi connectivity index (χ4n) is 4.29. The van der Waals surface area contributed by atoms with Gasteiger partial charge in [-0.05, 0) is 18.2 Å². The maximum Gasteiger partial charge on any atom is 0.290 e. The van der Waals surface area contributed by atoms with Gasteiger partial charge >= 0.3 is 0 Å². The summed E-state index contributed by atoms with van der Waals surface area (Å²) in [6.45, 7) is 1.87. The Bertz CT molecular complexity index is 1500. The van der Waals surface area contributed by atoms with Crippen molar-refractivity contribution in [2.75, 3.05) is 36.9 Å². The van der Waals surface area contributed by atoms with E-state index in [4.69, 9.17) is 25.7 Å². The van der Waals surface area contributed by atoms with Gasteiger partial charge in [-0.25, -0.2) is 4.99 Å². The van der Waals surface area contributed by atoms with Gasteiger partial charge < -0.3 is 30.3 Å². The summed E-state index contributed by atoms with van der Waals surface area (Å²) in [6, 6.07) is 19.7. The van der Waals surface area contributed by atoms with Crippen molar-refractivity contribution in [1.82, 2.24) is 15.2 Å². The third-order valence-electron chi connectivity index (χ3n) is 6.34. The van der Waals surface area contributed by atoms with Crippen LogP contribution in [0.3, 0.4) is 0 Å². The summed E-state index contributed by atoms with van der Waals surface area (Å²) in [6.07, 6.45) is 3.49. The Balaban J connectivity index is 1.36. The molecule has 1 saturated heterocycles. The molecular weight excluding hydrogens is 522 g/mol. The minimum atomic E-state index is -1.21. The highest BCUT2D eigenvalue weighted by molar-refractivity contribution is 6.21. The van der Waals surface area contributed by atoms with E-state index in [0.717, 1.165) is 11.1 Å². The predicted octanol–water partition coefficient (Wildman–Crippen LogP) is 3.02. The number of benzodiazepines with no additional fused rings is 1. The average molecular weight is 552 g/mol. The number of carbonyl (C=O) groups is 1. The fraction of sp³-hybridized carbons (Fsp3) is 0.172. The molecule has 0 saturated carbocycles. The molecule has 2 aliphatic rings. The molecule has 2 aromatic carbocycles. The van der Waals surface area contributed by atoms with Crippen LogP contribution in [0.4, 0.5) is 11.4 Å². The van der Waals surface area contributed by atoms with Crippen molar-refractivity contribution < 1.29 is 14.3 Å². The van der Waals surface area contributed by atoms with Gasteiger partial charge in [-0.3, -0.25) is 26.0 Å². The van der Waals surface area contributed by atoms with Crippen LogP contribution in [0.15, 0.2) is 95.9 Å². The number of nitrogens with zero attached hydrogens (tertiary/aromatic N) is 3. The molecule has 2 aliphatic heterocycles. The molecule has 1 aromatic heterocycles. The van der Waals surface area contributed by atoms with Crippen LogP contribution >= 0.6 is 0 Å². The third-order valence-corrected chi connectivity index (χ3v) is 6.34. The van der Waals surface area contributed by atoms with Crippen LogP contribution < -0.4 is 16.0 Å². The topological polar surface area (TPSA) is 172 Å². The Morgan fingerprint density at radius 3 is 2.54 bits per heavy atom. The molecule has 12 nitrogen and oxygen atoms in total. The molecule has 208 valence electrons. The van der Waals surface area contributed by atoms with E-state index in [1.807, 2.05) is 48.5 Å². The molecule has 6 N–H and O–H groups in total. The summed E-state index contributed by atoms with van der Waals surface area (Å²) >= 11 is 0. The molecule has 5 rings (SSSR count). The van der Waals surface area contributed by atoms with E-state index in [1.54, 1.807) is 35.5 Å². The molecule has 1 unspecified atom stereocenters. The van der Waals surface area contributed by atoms with Crippen LogP contribution in [0.2, 0.25) is 0 Å². The monoisotopic (exact) mass is 551 g/mol. The highest BCUT2D eigenvalue weighted by atomic mass is 16.5. The molecule has 0 bridgehead atoms. The Hall–Kier alpha value is -5.36. The number of carbonyl (C=O) groups excluding carboxylic acids is 1. The number of aliphatic imine (C=N–C) groups is 1. The lowest BCUT2D eigenvalue weighted by Crippen LogP contribution is -2.45. The van der Waals surface area contributed by atoms with Crippen molar-refractivity contribution >= 4 is 40.7 Å². The van der Waals surface area contributed by atoms with Gasteiger partial charge in [0.25, 0.3) is 11.9 Å². The molecule has 1 atom stereocenters. The first-order chi connectivity index (χ1) is 20.0. The minimum Gasteiger partial charge on any atom is -0.407 e. The maximum absolute atomic E-state index is 13.1. The second kappa shape index (κ2) is 12.7. The number of aromatic nitrogens is 1. The number of fused-ring (bicyclic) bond motifs is 1. The van der Waals surface area contributed by atoms with Crippen molar-refractivity contribution in [1.29, 1.82) is 16.2 Å². The van der Waals surface area contributed by atoms with E-state index in [9.17, 15) is 4.79 Å². The normalized spacial score (nSPS) is 16.8. The fourth-order valence-corrected chi connectivity index (χ4v) is 4.29. The zero-order valence-corrected chi connectivity index (χ0v) is 22.1. The first-order valence-electron chi connectivity index (χ1n) is 12.9. The quantitative estimate of drug-likeness (QED) is 0.202. The van der Waals surface area contributed by atoms with E-state index >= 15 is 0 Å². The number of amides is 1. The Morgan fingerprint density at radius 1 is 1.02 bits per heavy atom. The number of ether oxygens (including phenoxy) is 2. The first-order valence-corrected chi connectivity index (χ1v) is 12.9. The molecule has 1 amide bonds. The predicted molar refractivity (Wildman–Crippen MR) is 157 cm³/mol. The summed E-state index contributed by atoms with van der Waals surface area (Å²) < 4.78 is 10.9. The second-order valence-electron chi connectivity index (χ2n) is 9.08. The molecule has 41 heavy (non-hydrogen) atoms. The van der Waals surface area contributed by atoms with Gasteiger partial charge in [0.05, 0.1) is 42.1 Å². The second-order valence-corrected chi connectivity index (χ2v) is 9.08. The van der Waals surface area contributed by atoms with E-state index in [0.29, 0.717) is 43.4 Å². The van der Waals surface area contributed by atoms with Gasteiger partial charge in [-0.1, -0.05) is 48.5 Å². The van der Waals surface area contributed by atoms with Gasteiger partial charge in [0, 0.05) is 36.6 Å². The van der Waals surface area contributed by atoms with Crippen LogP contribution in [0.25, 0.3) is 0 Å². The maximum atomic E-state index is 13.1. The summed E-state index contributed by atoms with van der Waals surface area (Å²) in [5.74, 6) is -0.909. The number of morpholine rings is 1. The Kier molecular flexibility index (Phi) is 8.41. The van der Waals surface area contributed by atoms with Crippen LogP contribution in [-0.2, 0) is 14.3 Å². The van der Waals surface area contributed by atoms with Crippen LogP contribution in [0.1, 0.15) is 11.1 Å². The molecule has 1 fully saturated rings. The van der Waals surface area contributed by atoms with E-state index in [1.165, 1.54) is 6.20 Å². The molecule has 0 spiro atoms. The standard InChI is InChI=1S/C29H29N9O3/c30-25(38-13-15-40-16-14-38)22(18-34-20-9-6-12-33-17-20)26(31)41-29(32)37-27-28(39)35-23-11-5-4-10-21(23)24(36-27)19-7-2-1-3-8-19/h1-12,17-18,27,30-31,34H,13-16H2,(H2,32,37)(H,35,39)/b22-18+,30-25?,31-26?. The zero-order chi connectivity index (χ0) is 28.6. The average Bonchev–Trinajstić information content (AvgIpc) is 3.14. The Morgan fingerprint density at radius 2 is 1.78 bits per heavy atom. The number of nitrogens with one attached hydrogen (secondary N) is 6. The van der Waals surface area contributed by atoms with Gasteiger partial charge in [-0.15, -0.1) is 0 Å². The minimum absolute atomic E-state index is 0.0366. The van der Waals surface area contributed by atoms with E-state index < -0.39 is 24.0 Å². The van der Waals surface area contributed by atoms with E-state index in [-0.39, 0.29) is 11.4 Å². The number of rotatable bonds is 6. The number of hydrogen-bond acceptors (Lipinski definition) is 9. The van der Waals surface area contributed by atoms with Gasteiger partial charge in [0.1, 0.15) is 5.84 Å². The van der Waals surface area contributed by atoms with Crippen molar-refractivity contribution in [3.05, 3.63) is 102 Å². The lowest BCUT2D eigenvalue weighted by atomic mass is 10.0. The summed E-state index contributed by atoms with van der Waals surface area (Å²) in [5.41, 5.74) is 3.45. The SMILES string of the molecule is N=C(NC1N=C(c2ccccc2)c2ccccc2NC1=O)OC(=N)/C(=C/Nc1cccnc1)C(=N)N1CCOCC1. The smallest absolute Gasteiger partial charge is 0.290 e. The summed E-state index contributed by atoms with van der Waals surface area (Å²) in [4.78, 5) is 23.6. The van der Waals surface area contributed by atoms with Gasteiger partial charge in [0.15, 0.2) is 0 Å². The van der Waals surface area contributed by atoms with Crippen molar-refractivity contribution in [2.24, 2.45) is 4.99 Å². The van der Waals surface area contributed by atoms with Crippen LogP contribution in [-0.4, -0.2) is 71.7 Å². The highest BCUT2D eigenvalue weighted by Gasteiger charge is 2.28. The number of benzene rings is 2. The summed E-state index contributed by atoms with van der Waals surface area (Å²) in [7, 11) is 0. The molecule has 3 aromatic rings. The van der Waals surface area contributed by atoms with Crippen molar-refractivity contribution in [3.8, 4) is 0 Å². The molecule has 0 aliphatic carbocycles. The first kappa shape index (κ1) is 27.2. The lowest BCUT2D eigenvalue weighted by molar-refractivity contribution is -0.117. The molecule has 0 radical (unpaired) electrons. The molecule has 3 heterocycles. The molecule has 12 heteroatoms. The van der Waals surface area contributed by atoms with E-state index in [2.05, 4.69) is 25.9 Å².